The van der Waals surface area contributed by atoms with Gasteiger partial charge in [-0.3, -0.25) is 4.72 Å². The molecule has 2 N–H and O–H groups in total. The van der Waals surface area contributed by atoms with Gasteiger partial charge in [0, 0.05) is 12.2 Å². The van der Waals surface area contributed by atoms with Gasteiger partial charge in [0.2, 0.25) is 0 Å². The van der Waals surface area contributed by atoms with Crippen LogP contribution in [0, 0.1) is 0 Å². The van der Waals surface area contributed by atoms with E-state index in [1.165, 1.54) is 0 Å². The SMILES string of the molecule is O=S(=O)(Nc1cccc(Cl)c1Cl)c1ccc2c(c1)CCN2. The highest BCUT2D eigenvalue weighted by atomic mass is 35.5. The molecule has 0 unspecified atom stereocenters. The maximum atomic E-state index is 12.4. The molecule has 1 heterocycles. The number of rotatable bonds is 3. The lowest BCUT2D eigenvalue weighted by Crippen LogP contribution is -2.13. The van der Waals surface area contributed by atoms with Gasteiger partial charge in [-0.2, -0.15) is 0 Å². The van der Waals surface area contributed by atoms with E-state index in [1.807, 2.05) is 0 Å². The second kappa shape index (κ2) is 5.40. The summed E-state index contributed by atoms with van der Waals surface area (Å²) in [5.74, 6) is 0. The smallest absolute Gasteiger partial charge is 0.261 e. The van der Waals surface area contributed by atoms with E-state index in [4.69, 9.17) is 23.2 Å². The van der Waals surface area contributed by atoms with Crippen LogP contribution in [0.25, 0.3) is 0 Å². The number of fused-ring (bicyclic) bond motifs is 1. The fraction of sp³-hybridized carbons (Fsp3) is 0.143. The molecule has 0 saturated carbocycles. The third-order valence-electron chi connectivity index (χ3n) is 3.29. The van der Waals surface area contributed by atoms with Crippen LogP contribution in [0.5, 0.6) is 0 Å². The second-order valence-electron chi connectivity index (χ2n) is 4.70. The van der Waals surface area contributed by atoms with E-state index in [0.717, 1.165) is 24.2 Å². The fourth-order valence-electron chi connectivity index (χ4n) is 2.23. The second-order valence-corrected chi connectivity index (χ2v) is 7.17. The van der Waals surface area contributed by atoms with Crippen LogP contribution in [0.3, 0.4) is 0 Å². The van der Waals surface area contributed by atoms with Crippen LogP contribution in [-0.4, -0.2) is 15.0 Å². The molecule has 2 aromatic rings. The van der Waals surface area contributed by atoms with Crippen LogP contribution in [-0.2, 0) is 16.4 Å². The van der Waals surface area contributed by atoms with E-state index in [9.17, 15) is 8.42 Å². The van der Waals surface area contributed by atoms with Crippen LogP contribution in [0.1, 0.15) is 5.56 Å². The number of sulfonamides is 1. The van der Waals surface area contributed by atoms with Gasteiger partial charge in [-0.1, -0.05) is 29.3 Å². The van der Waals surface area contributed by atoms with Gasteiger partial charge in [0.1, 0.15) is 0 Å². The molecular formula is C14H12Cl2N2O2S. The lowest BCUT2D eigenvalue weighted by Gasteiger charge is -2.11. The molecule has 0 aliphatic carbocycles. The molecule has 4 nitrogen and oxygen atoms in total. The summed E-state index contributed by atoms with van der Waals surface area (Å²) in [5.41, 5.74) is 2.24. The standard InChI is InChI=1S/C14H12Cl2N2O2S/c15-11-2-1-3-13(14(11)16)18-21(19,20)10-4-5-12-9(8-10)6-7-17-12/h1-5,8,17-18H,6-7H2. The van der Waals surface area contributed by atoms with Crippen molar-refractivity contribution in [3.8, 4) is 0 Å². The van der Waals surface area contributed by atoms with E-state index >= 15 is 0 Å². The minimum absolute atomic E-state index is 0.186. The third kappa shape index (κ3) is 2.81. The van der Waals surface area contributed by atoms with Gasteiger partial charge in [-0.05, 0) is 42.3 Å². The van der Waals surface area contributed by atoms with Gasteiger partial charge in [-0.25, -0.2) is 8.42 Å². The van der Waals surface area contributed by atoms with E-state index in [1.54, 1.807) is 36.4 Å². The molecule has 0 aromatic heterocycles. The molecule has 0 saturated heterocycles. The number of nitrogens with one attached hydrogen (secondary N) is 2. The fourth-order valence-corrected chi connectivity index (χ4v) is 3.76. The molecule has 0 spiro atoms. The highest BCUT2D eigenvalue weighted by molar-refractivity contribution is 7.92. The van der Waals surface area contributed by atoms with Crippen molar-refractivity contribution in [2.24, 2.45) is 0 Å². The predicted molar refractivity (Wildman–Crippen MR) is 85.9 cm³/mol. The Morgan fingerprint density at radius 2 is 1.95 bits per heavy atom. The first-order valence-corrected chi connectivity index (χ1v) is 8.55. The molecule has 0 bridgehead atoms. The Balaban J connectivity index is 1.96. The number of halogens is 2. The van der Waals surface area contributed by atoms with Crippen molar-refractivity contribution < 1.29 is 8.42 Å². The summed E-state index contributed by atoms with van der Waals surface area (Å²) in [6, 6.07) is 9.83. The van der Waals surface area contributed by atoms with Crippen LogP contribution >= 0.6 is 23.2 Å². The third-order valence-corrected chi connectivity index (χ3v) is 5.47. The van der Waals surface area contributed by atoms with Crippen LogP contribution in [0.4, 0.5) is 11.4 Å². The summed E-state index contributed by atoms with van der Waals surface area (Å²) >= 11 is 11.9. The predicted octanol–water partition coefficient (Wildman–Crippen LogP) is 3.76. The summed E-state index contributed by atoms with van der Waals surface area (Å²) in [4.78, 5) is 0.209. The highest BCUT2D eigenvalue weighted by Gasteiger charge is 2.19. The molecule has 7 heteroatoms. The van der Waals surface area contributed by atoms with E-state index in [0.29, 0.717) is 5.02 Å². The molecule has 110 valence electrons. The Hall–Kier alpha value is -1.43. The monoisotopic (exact) mass is 342 g/mol. The Kier molecular flexibility index (Phi) is 3.73. The summed E-state index contributed by atoms with van der Waals surface area (Å²) < 4.78 is 27.3. The first-order valence-electron chi connectivity index (χ1n) is 6.31. The summed E-state index contributed by atoms with van der Waals surface area (Å²) in [7, 11) is -3.70. The lowest BCUT2D eigenvalue weighted by molar-refractivity contribution is 0.601. The van der Waals surface area contributed by atoms with Crippen molar-refractivity contribution in [2.75, 3.05) is 16.6 Å². The van der Waals surface area contributed by atoms with Crippen molar-refractivity contribution in [3.05, 3.63) is 52.0 Å². The number of anilines is 2. The maximum absolute atomic E-state index is 12.4. The van der Waals surface area contributed by atoms with Crippen molar-refractivity contribution in [1.82, 2.24) is 0 Å². The van der Waals surface area contributed by atoms with Crippen molar-refractivity contribution >= 4 is 44.6 Å². The molecule has 0 radical (unpaired) electrons. The van der Waals surface area contributed by atoms with Gasteiger partial charge in [0.05, 0.1) is 20.6 Å². The average Bonchev–Trinajstić information content (AvgIpc) is 2.91. The van der Waals surface area contributed by atoms with Gasteiger partial charge >= 0.3 is 0 Å². The van der Waals surface area contributed by atoms with Crippen molar-refractivity contribution in [2.45, 2.75) is 11.3 Å². The van der Waals surface area contributed by atoms with E-state index in [2.05, 4.69) is 10.0 Å². The van der Waals surface area contributed by atoms with Gasteiger partial charge < -0.3 is 5.32 Å². The highest BCUT2D eigenvalue weighted by Crippen LogP contribution is 2.32. The number of benzene rings is 2. The molecular weight excluding hydrogens is 331 g/mol. The first kappa shape index (κ1) is 14.5. The zero-order valence-electron chi connectivity index (χ0n) is 10.9. The lowest BCUT2D eigenvalue weighted by atomic mass is 10.2. The van der Waals surface area contributed by atoms with E-state index < -0.39 is 10.0 Å². The molecule has 0 atom stereocenters. The average molecular weight is 343 g/mol. The minimum Gasteiger partial charge on any atom is -0.384 e. The Morgan fingerprint density at radius 1 is 1.14 bits per heavy atom. The normalized spacial score (nSPS) is 13.6. The Bertz CT molecular complexity index is 807. The summed E-state index contributed by atoms with van der Waals surface area (Å²) in [6.45, 7) is 0.826. The summed E-state index contributed by atoms with van der Waals surface area (Å²) in [6.07, 6.45) is 0.816. The molecule has 3 rings (SSSR count). The Morgan fingerprint density at radius 3 is 2.76 bits per heavy atom. The molecule has 1 aliphatic heterocycles. The van der Waals surface area contributed by atoms with Crippen LogP contribution in [0.2, 0.25) is 10.0 Å². The largest absolute Gasteiger partial charge is 0.384 e. The number of hydrogen-bond donors (Lipinski definition) is 2. The number of hydrogen-bond acceptors (Lipinski definition) is 3. The first-order chi connectivity index (χ1) is 9.97. The van der Waals surface area contributed by atoms with Crippen molar-refractivity contribution in [3.63, 3.8) is 0 Å². The Labute approximate surface area is 133 Å². The van der Waals surface area contributed by atoms with E-state index in [-0.39, 0.29) is 15.6 Å². The minimum atomic E-state index is -3.70. The maximum Gasteiger partial charge on any atom is 0.261 e. The summed E-state index contributed by atoms with van der Waals surface area (Å²) in [5, 5.41) is 3.68. The van der Waals surface area contributed by atoms with Crippen LogP contribution in [0.15, 0.2) is 41.3 Å². The molecule has 2 aromatic carbocycles. The molecule has 0 amide bonds. The topological polar surface area (TPSA) is 58.2 Å². The molecule has 1 aliphatic rings. The van der Waals surface area contributed by atoms with Gasteiger partial charge in [0.25, 0.3) is 10.0 Å². The van der Waals surface area contributed by atoms with Crippen molar-refractivity contribution in [1.29, 1.82) is 0 Å². The van der Waals surface area contributed by atoms with Crippen LogP contribution < -0.4 is 10.0 Å². The van der Waals surface area contributed by atoms with Gasteiger partial charge in [-0.15, -0.1) is 0 Å². The molecule has 21 heavy (non-hydrogen) atoms. The molecule has 0 fully saturated rings. The quantitative estimate of drug-likeness (QED) is 0.892. The zero-order valence-corrected chi connectivity index (χ0v) is 13.2. The van der Waals surface area contributed by atoms with Gasteiger partial charge in [0.15, 0.2) is 0 Å². The zero-order chi connectivity index (χ0) is 15.0.